The highest BCUT2D eigenvalue weighted by Gasteiger charge is 1.96. The van der Waals surface area contributed by atoms with Crippen LogP contribution in [0, 0.1) is 0 Å². The monoisotopic (exact) mass is 190 g/mol. The van der Waals surface area contributed by atoms with Crippen LogP contribution in [0.25, 0.3) is 0 Å². The maximum absolute atomic E-state index is 2.20. The normalized spacial score (nSPS) is 10.2. The van der Waals surface area contributed by atoms with Crippen molar-refractivity contribution in [3.05, 3.63) is 12.1 Å². The third-order valence-corrected chi connectivity index (χ3v) is 4.32. The van der Waals surface area contributed by atoms with E-state index >= 15 is 0 Å². The van der Waals surface area contributed by atoms with Crippen molar-refractivity contribution in [1.29, 1.82) is 0 Å². The van der Waals surface area contributed by atoms with Crippen LogP contribution in [0.2, 0.25) is 0 Å². The fourth-order valence-electron chi connectivity index (χ4n) is 0.633. The van der Waals surface area contributed by atoms with Crippen LogP contribution >= 0.6 is 34.9 Å². The summed E-state index contributed by atoms with van der Waals surface area (Å²) in [5.41, 5.74) is 0. The van der Waals surface area contributed by atoms with Crippen LogP contribution in [-0.4, -0.2) is 12.0 Å². The Kier molecular flexibility index (Phi) is 3.66. The lowest BCUT2D eigenvalue weighted by atomic mass is 10.7. The molecule has 56 valence electrons. The third kappa shape index (κ3) is 2.22. The van der Waals surface area contributed by atoms with Crippen molar-refractivity contribution < 1.29 is 0 Å². The zero-order valence-electron chi connectivity index (χ0n) is 6.09. The minimum atomic E-state index is 1.17. The largest absolute Gasteiger partial charge is 0.122 e. The predicted molar refractivity (Wildman–Crippen MR) is 52.5 cm³/mol. The highest BCUT2D eigenvalue weighted by atomic mass is 32.2. The molecule has 0 unspecified atom stereocenters. The predicted octanol–water partition coefficient (Wildman–Crippen LogP) is 3.58. The summed E-state index contributed by atoms with van der Waals surface area (Å²) in [6.45, 7) is 2.18. The summed E-state index contributed by atoms with van der Waals surface area (Å²) >= 11 is 5.62. The van der Waals surface area contributed by atoms with Crippen molar-refractivity contribution in [2.45, 2.75) is 15.3 Å². The van der Waals surface area contributed by atoms with E-state index in [1.54, 1.807) is 0 Å². The fraction of sp³-hybridized carbons (Fsp3) is 0.429. The van der Waals surface area contributed by atoms with Crippen LogP contribution in [-0.2, 0) is 0 Å². The van der Waals surface area contributed by atoms with E-state index in [-0.39, 0.29) is 0 Å². The molecule has 1 aromatic rings. The first kappa shape index (κ1) is 8.50. The molecule has 1 aromatic heterocycles. The Bertz CT molecular complexity index is 192. The van der Waals surface area contributed by atoms with Gasteiger partial charge in [0.25, 0.3) is 0 Å². The molecule has 0 fully saturated rings. The van der Waals surface area contributed by atoms with Crippen LogP contribution < -0.4 is 0 Å². The molecule has 1 rings (SSSR count). The van der Waals surface area contributed by atoms with E-state index in [0.717, 1.165) is 0 Å². The molecule has 0 amide bonds. The molecule has 0 aliphatic heterocycles. The van der Waals surface area contributed by atoms with Gasteiger partial charge in [-0.2, -0.15) is 0 Å². The molecule has 0 radical (unpaired) electrons. The van der Waals surface area contributed by atoms with Crippen molar-refractivity contribution in [2.75, 3.05) is 12.0 Å². The van der Waals surface area contributed by atoms with Gasteiger partial charge in [0, 0.05) is 0 Å². The summed E-state index contributed by atoms with van der Waals surface area (Å²) in [6.07, 6.45) is 2.12. The van der Waals surface area contributed by atoms with Gasteiger partial charge in [0.15, 0.2) is 0 Å². The Morgan fingerprint density at radius 3 is 2.60 bits per heavy atom. The molecular formula is C7H10S3. The second-order valence-corrected chi connectivity index (χ2v) is 5.47. The lowest BCUT2D eigenvalue weighted by Crippen LogP contribution is -1.59. The highest BCUT2D eigenvalue weighted by molar-refractivity contribution is 8.03. The van der Waals surface area contributed by atoms with E-state index in [2.05, 4.69) is 25.3 Å². The summed E-state index contributed by atoms with van der Waals surface area (Å²) in [5, 5.41) is 0. The Labute approximate surface area is 74.4 Å². The minimum absolute atomic E-state index is 1.17. The van der Waals surface area contributed by atoms with Crippen LogP contribution in [0.15, 0.2) is 20.6 Å². The van der Waals surface area contributed by atoms with E-state index < -0.39 is 0 Å². The number of rotatable bonds is 3. The lowest BCUT2D eigenvalue weighted by molar-refractivity contribution is 1.51. The lowest BCUT2D eigenvalue weighted by Gasteiger charge is -1.88. The van der Waals surface area contributed by atoms with Crippen molar-refractivity contribution in [1.82, 2.24) is 0 Å². The summed E-state index contributed by atoms with van der Waals surface area (Å²) in [6, 6.07) is 4.39. The average molecular weight is 190 g/mol. The zero-order valence-corrected chi connectivity index (χ0v) is 8.54. The van der Waals surface area contributed by atoms with Gasteiger partial charge in [-0.25, -0.2) is 0 Å². The maximum atomic E-state index is 2.20. The molecule has 0 atom stereocenters. The molecule has 0 aliphatic rings. The topological polar surface area (TPSA) is 0 Å². The van der Waals surface area contributed by atoms with E-state index in [0.29, 0.717) is 0 Å². The van der Waals surface area contributed by atoms with Crippen LogP contribution in [0.4, 0.5) is 0 Å². The SMILES string of the molecule is CCSc1ccc(SC)s1. The van der Waals surface area contributed by atoms with E-state index in [1.807, 2.05) is 34.9 Å². The number of hydrogen-bond acceptors (Lipinski definition) is 3. The molecule has 0 aliphatic carbocycles. The molecule has 0 bridgehead atoms. The van der Waals surface area contributed by atoms with Crippen LogP contribution in [0.1, 0.15) is 6.92 Å². The first-order chi connectivity index (χ1) is 4.86. The third-order valence-electron chi connectivity index (χ3n) is 1.04. The average Bonchev–Trinajstić information content (AvgIpc) is 2.37. The second kappa shape index (κ2) is 4.31. The standard InChI is InChI=1S/C7H10S3/c1-3-9-7-5-4-6(8-2)10-7/h4-5H,3H2,1-2H3. The molecule has 0 saturated heterocycles. The van der Waals surface area contributed by atoms with Gasteiger partial charge < -0.3 is 0 Å². The van der Waals surface area contributed by atoms with Crippen molar-refractivity contribution in [2.24, 2.45) is 0 Å². The van der Waals surface area contributed by atoms with Gasteiger partial charge in [-0.3, -0.25) is 0 Å². The number of thioether (sulfide) groups is 2. The van der Waals surface area contributed by atoms with Gasteiger partial charge in [0.05, 0.1) is 8.42 Å². The van der Waals surface area contributed by atoms with Gasteiger partial charge in [-0.15, -0.1) is 34.9 Å². The Hall–Kier alpha value is 0.400. The molecule has 0 saturated carbocycles. The van der Waals surface area contributed by atoms with Crippen molar-refractivity contribution >= 4 is 34.9 Å². The molecule has 3 heteroatoms. The highest BCUT2D eigenvalue weighted by Crippen LogP contribution is 2.31. The first-order valence-corrected chi connectivity index (χ1v) is 6.16. The smallest absolute Gasteiger partial charge is 0.0610 e. The van der Waals surface area contributed by atoms with Gasteiger partial charge in [-0.05, 0) is 24.1 Å². The Morgan fingerprint density at radius 1 is 1.40 bits per heavy atom. The summed E-state index contributed by atoms with van der Waals surface area (Å²) in [5.74, 6) is 1.17. The zero-order chi connectivity index (χ0) is 7.40. The van der Waals surface area contributed by atoms with E-state index in [9.17, 15) is 0 Å². The summed E-state index contributed by atoms with van der Waals surface area (Å²) in [7, 11) is 0. The van der Waals surface area contributed by atoms with Gasteiger partial charge >= 0.3 is 0 Å². The number of thiophene rings is 1. The summed E-state index contributed by atoms with van der Waals surface area (Å²) in [4.78, 5) is 0. The Balaban J connectivity index is 2.59. The molecule has 0 nitrogen and oxygen atoms in total. The molecule has 0 spiro atoms. The molecule has 0 N–H and O–H groups in total. The first-order valence-electron chi connectivity index (χ1n) is 3.13. The van der Waals surface area contributed by atoms with Crippen LogP contribution in [0.5, 0.6) is 0 Å². The molecule has 0 aromatic carbocycles. The van der Waals surface area contributed by atoms with Crippen molar-refractivity contribution in [3.63, 3.8) is 0 Å². The summed E-state index contributed by atoms with van der Waals surface area (Å²) < 4.78 is 2.85. The second-order valence-electron chi connectivity index (χ2n) is 1.71. The molecule has 10 heavy (non-hydrogen) atoms. The Morgan fingerprint density at radius 2 is 2.10 bits per heavy atom. The fourth-order valence-corrected chi connectivity index (χ4v) is 3.38. The van der Waals surface area contributed by atoms with E-state index in [1.165, 1.54) is 14.2 Å². The molecule has 1 heterocycles. The maximum Gasteiger partial charge on any atom is 0.0610 e. The van der Waals surface area contributed by atoms with Crippen molar-refractivity contribution in [3.8, 4) is 0 Å². The van der Waals surface area contributed by atoms with Gasteiger partial charge in [-0.1, -0.05) is 6.92 Å². The van der Waals surface area contributed by atoms with Crippen LogP contribution in [0.3, 0.4) is 0 Å². The molecular weight excluding hydrogens is 180 g/mol. The van der Waals surface area contributed by atoms with Gasteiger partial charge in [0.1, 0.15) is 0 Å². The quantitative estimate of drug-likeness (QED) is 0.668. The minimum Gasteiger partial charge on any atom is -0.122 e. The van der Waals surface area contributed by atoms with Gasteiger partial charge in [0.2, 0.25) is 0 Å². The van der Waals surface area contributed by atoms with E-state index in [4.69, 9.17) is 0 Å². The number of hydrogen-bond donors (Lipinski definition) is 0.